The Morgan fingerprint density at radius 3 is 2.25 bits per heavy atom. The molecule has 4 aromatic rings. The van der Waals surface area contributed by atoms with Crippen molar-refractivity contribution in [3.8, 4) is 0 Å². The SMILES string of the molecule is COP(c1ccccc1)c1c(C)n(S(=O)c2ccccc2)c2ccc(Cl)cc12. The van der Waals surface area contributed by atoms with Crippen molar-refractivity contribution in [1.29, 1.82) is 0 Å². The largest absolute Gasteiger partial charge is 0.353 e. The lowest BCUT2D eigenvalue weighted by atomic mass is 10.2. The minimum Gasteiger partial charge on any atom is -0.353 e. The van der Waals surface area contributed by atoms with Gasteiger partial charge in [-0.1, -0.05) is 60.1 Å². The molecule has 0 bridgehead atoms. The Balaban J connectivity index is 1.98. The maximum Gasteiger partial charge on any atom is 0.157 e. The van der Waals surface area contributed by atoms with Gasteiger partial charge in [0.15, 0.2) is 11.0 Å². The van der Waals surface area contributed by atoms with Crippen LogP contribution in [-0.4, -0.2) is 15.3 Å². The van der Waals surface area contributed by atoms with Gasteiger partial charge in [0, 0.05) is 33.8 Å². The Bertz CT molecular complexity index is 1150. The summed E-state index contributed by atoms with van der Waals surface area (Å²) in [4.78, 5) is 0.755. The third-order valence-electron chi connectivity index (χ3n) is 4.57. The average molecular weight is 428 g/mol. The predicted octanol–water partition coefficient (Wildman–Crippen LogP) is 5.17. The predicted molar refractivity (Wildman–Crippen MR) is 120 cm³/mol. The molecule has 0 fully saturated rings. The van der Waals surface area contributed by atoms with Crippen LogP contribution in [0.25, 0.3) is 10.9 Å². The van der Waals surface area contributed by atoms with Crippen LogP contribution in [0, 0.1) is 6.92 Å². The topological polar surface area (TPSA) is 31.2 Å². The summed E-state index contributed by atoms with van der Waals surface area (Å²) in [7, 11) is -0.711. The first-order valence-corrected chi connectivity index (χ1v) is 11.5. The summed E-state index contributed by atoms with van der Waals surface area (Å²) in [6.07, 6.45) is 0. The number of hydrogen-bond acceptors (Lipinski definition) is 2. The van der Waals surface area contributed by atoms with Crippen LogP contribution < -0.4 is 10.6 Å². The molecule has 1 aromatic heterocycles. The van der Waals surface area contributed by atoms with Crippen molar-refractivity contribution in [2.75, 3.05) is 7.11 Å². The zero-order valence-corrected chi connectivity index (χ0v) is 18.0. The van der Waals surface area contributed by atoms with Crippen molar-refractivity contribution in [2.24, 2.45) is 0 Å². The van der Waals surface area contributed by atoms with Gasteiger partial charge in [0.1, 0.15) is 0 Å². The molecule has 28 heavy (non-hydrogen) atoms. The lowest BCUT2D eigenvalue weighted by Gasteiger charge is -2.16. The van der Waals surface area contributed by atoms with Crippen LogP contribution >= 0.6 is 19.7 Å². The number of hydrogen-bond donors (Lipinski definition) is 0. The Labute approximate surface area is 173 Å². The second-order valence-electron chi connectivity index (χ2n) is 6.26. The summed E-state index contributed by atoms with van der Waals surface area (Å²) in [5.74, 6) is 0. The molecule has 4 rings (SSSR count). The first-order chi connectivity index (χ1) is 13.6. The number of nitrogens with zero attached hydrogens (tertiary/aromatic N) is 1. The highest BCUT2D eigenvalue weighted by Gasteiger charge is 2.26. The fourth-order valence-corrected chi connectivity index (χ4v) is 6.75. The first kappa shape index (κ1) is 19.4. The molecule has 0 aliphatic heterocycles. The van der Waals surface area contributed by atoms with Gasteiger partial charge < -0.3 is 4.52 Å². The lowest BCUT2D eigenvalue weighted by Crippen LogP contribution is -2.16. The normalized spacial score (nSPS) is 13.5. The summed E-state index contributed by atoms with van der Waals surface area (Å²) in [6, 6.07) is 25.3. The van der Waals surface area contributed by atoms with Gasteiger partial charge >= 0.3 is 0 Å². The molecule has 0 N–H and O–H groups in total. The van der Waals surface area contributed by atoms with Gasteiger partial charge in [-0.25, -0.2) is 4.21 Å². The molecule has 2 unspecified atom stereocenters. The van der Waals surface area contributed by atoms with Gasteiger partial charge in [-0.15, -0.1) is 0 Å². The maximum absolute atomic E-state index is 13.4. The van der Waals surface area contributed by atoms with E-state index in [0.717, 1.165) is 32.1 Å². The molecular weight excluding hydrogens is 409 g/mol. The first-order valence-electron chi connectivity index (χ1n) is 8.79. The molecule has 0 aliphatic rings. The zero-order valence-electron chi connectivity index (χ0n) is 15.5. The third kappa shape index (κ3) is 3.42. The quantitative estimate of drug-likeness (QED) is 0.411. The van der Waals surface area contributed by atoms with Crippen LogP contribution in [0.5, 0.6) is 0 Å². The highest BCUT2D eigenvalue weighted by atomic mass is 35.5. The molecule has 3 aromatic carbocycles. The highest BCUT2D eigenvalue weighted by Crippen LogP contribution is 2.40. The Kier molecular flexibility index (Phi) is 5.65. The van der Waals surface area contributed by atoms with Gasteiger partial charge in [0.25, 0.3) is 0 Å². The summed E-state index contributed by atoms with van der Waals surface area (Å²) in [5.41, 5.74) is 1.82. The third-order valence-corrected chi connectivity index (χ3v) is 8.38. The van der Waals surface area contributed by atoms with E-state index in [0.29, 0.717) is 5.02 Å². The molecular formula is C22H19ClNO2PS. The molecule has 0 radical (unpaired) electrons. The van der Waals surface area contributed by atoms with E-state index in [1.54, 1.807) is 7.11 Å². The Morgan fingerprint density at radius 2 is 1.61 bits per heavy atom. The fraction of sp³-hybridized carbons (Fsp3) is 0.0909. The van der Waals surface area contributed by atoms with E-state index in [2.05, 4.69) is 12.1 Å². The second kappa shape index (κ2) is 8.18. The van der Waals surface area contributed by atoms with Crippen LogP contribution in [0.2, 0.25) is 5.02 Å². The molecule has 0 saturated carbocycles. The molecule has 2 atom stereocenters. The standard InChI is InChI=1S/C22H19ClNO2PS/c1-16-22(27(26-2)18-9-5-3-6-10-18)20-15-17(23)13-14-21(20)24(16)28(25)19-11-7-4-8-12-19/h3-15H,1-2H3. The van der Waals surface area contributed by atoms with Crippen molar-refractivity contribution >= 4 is 52.2 Å². The smallest absolute Gasteiger partial charge is 0.157 e. The Morgan fingerprint density at radius 1 is 0.964 bits per heavy atom. The minimum atomic E-state index is -1.37. The molecule has 0 saturated heterocycles. The zero-order chi connectivity index (χ0) is 19.7. The van der Waals surface area contributed by atoms with Gasteiger partial charge in [-0.2, -0.15) is 0 Å². The van der Waals surface area contributed by atoms with Crippen LogP contribution in [0.15, 0.2) is 83.8 Å². The highest BCUT2D eigenvalue weighted by molar-refractivity contribution is 7.83. The molecule has 0 amide bonds. The van der Waals surface area contributed by atoms with E-state index < -0.39 is 19.1 Å². The number of benzene rings is 3. The monoisotopic (exact) mass is 427 g/mol. The summed E-state index contributed by atoms with van der Waals surface area (Å²) < 4.78 is 21.3. The van der Waals surface area contributed by atoms with Gasteiger partial charge in [0.2, 0.25) is 0 Å². The lowest BCUT2D eigenvalue weighted by molar-refractivity contribution is 0.474. The molecule has 6 heteroatoms. The number of halogens is 1. The van der Waals surface area contributed by atoms with Crippen LogP contribution in [0.1, 0.15) is 5.69 Å². The van der Waals surface area contributed by atoms with Crippen molar-refractivity contribution in [1.82, 2.24) is 3.97 Å². The minimum absolute atomic E-state index is 0.649. The molecule has 0 spiro atoms. The van der Waals surface area contributed by atoms with Crippen molar-refractivity contribution in [3.63, 3.8) is 0 Å². The van der Waals surface area contributed by atoms with Crippen molar-refractivity contribution < 1.29 is 8.73 Å². The second-order valence-corrected chi connectivity index (χ2v) is 9.95. The van der Waals surface area contributed by atoms with Gasteiger partial charge in [0.05, 0.1) is 18.6 Å². The van der Waals surface area contributed by atoms with Crippen LogP contribution in [-0.2, 0) is 15.5 Å². The number of aromatic nitrogens is 1. The summed E-state index contributed by atoms with van der Waals surface area (Å²) in [5, 5.41) is 3.78. The van der Waals surface area contributed by atoms with Gasteiger partial charge in [-0.3, -0.25) is 3.97 Å². The van der Waals surface area contributed by atoms with Gasteiger partial charge in [-0.05, 0) is 37.3 Å². The van der Waals surface area contributed by atoms with Crippen LogP contribution in [0.4, 0.5) is 0 Å². The molecule has 0 aliphatic carbocycles. The summed E-state index contributed by atoms with van der Waals surface area (Å²) >= 11 is 6.32. The van der Waals surface area contributed by atoms with E-state index in [-0.39, 0.29) is 0 Å². The molecule has 3 nitrogen and oxygen atoms in total. The van der Waals surface area contributed by atoms with E-state index in [1.807, 2.05) is 77.6 Å². The van der Waals surface area contributed by atoms with Crippen molar-refractivity contribution in [2.45, 2.75) is 11.8 Å². The fourth-order valence-electron chi connectivity index (χ4n) is 3.35. The Hall–Kier alpha value is -1.97. The van der Waals surface area contributed by atoms with E-state index in [9.17, 15) is 4.21 Å². The van der Waals surface area contributed by atoms with E-state index in [1.165, 1.54) is 0 Å². The number of rotatable bonds is 5. The maximum atomic E-state index is 13.4. The van der Waals surface area contributed by atoms with E-state index >= 15 is 0 Å². The van der Waals surface area contributed by atoms with Crippen molar-refractivity contribution in [3.05, 3.63) is 89.6 Å². The van der Waals surface area contributed by atoms with Crippen LogP contribution in [0.3, 0.4) is 0 Å². The molecule has 142 valence electrons. The molecule has 1 heterocycles. The average Bonchev–Trinajstić information content (AvgIpc) is 3.01. The van der Waals surface area contributed by atoms with E-state index in [4.69, 9.17) is 16.1 Å². The summed E-state index contributed by atoms with van der Waals surface area (Å²) in [6.45, 7) is 2.00. The number of fused-ring (bicyclic) bond motifs is 1.